The van der Waals surface area contributed by atoms with Crippen molar-refractivity contribution in [2.45, 2.75) is 0 Å². The van der Waals surface area contributed by atoms with Crippen LogP contribution in [0.1, 0.15) is 0 Å². The molecule has 0 aromatic heterocycles. The van der Waals surface area contributed by atoms with Crippen LogP contribution in [0.25, 0.3) is 0 Å². The number of aliphatic hydroxyl groups excluding tert-OH is 1. The van der Waals surface area contributed by atoms with Gasteiger partial charge in [0.25, 0.3) is 5.69 Å². The van der Waals surface area contributed by atoms with Gasteiger partial charge in [-0.15, -0.1) is 5.11 Å². The Morgan fingerprint density at radius 2 is 1.74 bits per heavy atom. The molecule has 0 amide bonds. The number of nitro benzene ring substituents is 1. The lowest BCUT2D eigenvalue weighted by molar-refractivity contribution is -0.384. The molecule has 0 radical (unpaired) electrons. The third kappa shape index (κ3) is 4.62. The number of aliphatic hydroxyl groups is 1. The average molecular weight is 355 g/mol. The van der Waals surface area contributed by atoms with E-state index in [1.807, 2.05) is 0 Å². The van der Waals surface area contributed by atoms with Crippen LogP contribution in [0, 0.1) is 10.1 Å². The molecule has 23 heavy (non-hydrogen) atoms. The van der Waals surface area contributed by atoms with Crippen LogP contribution in [0.2, 0.25) is 10.0 Å². The van der Waals surface area contributed by atoms with Crippen molar-refractivity contribution in [1.82, 2.24) is 0 Å². The number of hydrogen-bond acceptors (Lipinski definition) is 6. The zero-order chi connectivity index (χ0) is 16.8. The van der Waals surface area contributed by atoms with Gasteiger partial charge in [0.1, 0.15) is 5.69 Å². The second kappa shape index (κ2) is 7.87. The van der Waals surface area contributed by atoms with Crippen LogP contribution in [0.3, 0.4) is 0 Å². The van der Waals surface area contributed by atoms with Gasteiger partial charge >= 0.3 is 0 Å². The zero-order valence-electron chi connectivity index (χ0n) is 11.7. The number of halogens is 2. The van der Waals surface area contributed by atoms with E-state index < -0.39 is 4.92 Å². The number of nitrogens with one attached hydrogen (secondary N) is 1. The standard InChI is InChI=1S/C14H12Cl2N4O3/c15-12-7-11(20(22)23)8-13(16)14(12)19-18-10-3-1-9(2-4-10)17-5-6-21/h1-4,7-8,17,21H,5-6H2. The van der Waals surface area contributed by atoms with Crippen molar-refractivity contribution in [3.05, 3.63) is 56.6 Å². The smallest absolute Gasteiger partial charge is 0.272 e. The molecule has 0 bridgehead atoms. The molecule has 0 atom stereocenters. The largest absolute Gasteiger partial charge is 0.395 e. The van der Waals surface area contributed by atoms with Crippen LogP contribution in [-0.4, -0.2) is 23.2 Å². The van der Waals surface area contributed by atoms with Crippen LogP contribution in [0.5, 0.6) is 0 Å². The van der Waals surface area contributed by atoms with Crippen LogP contribution >= 0.6 is 23.2 Å². The van der Waals surface area contributed by atoms with Gasteiger partial charge in [-0.1, -0.05) is 23.2 Å². The summed E-state index contributed by atoms with van der Waals surface area (Å²) in [6.07, 6.45) is 0. The van der Waals surface area contributed by atoms with Crippen molar-refractivity contribution < 1.29 is 10.0 Å². The number of nitrogens with zero attached hydrogens (tertiary/aromatic N) is 3. The molecule has 0 aliphatic carbocycles. The minimum atomic E-state index is -0.587. The molecule has 0 spiro atoms. The number of hydrogen-bond donors (Lipinski definition) is 2. The molecule has 0 saturated carbocycles. The van der Waals surface area contributed by atoms with Crippen molar-refractivity contribution in [3.8, 4) is 0 Å². The molecule has 0 aliphatic rings. The normalized spacial score (nSPS) is 10.9. The van der Waals surface area contributed by atoms with E-state index in [0.717, 1.165) is 5.69 Å². The number of benzene rings is 2. The van der Waals surface area contributed by atoms with Gasteiger partial charge in [0.15, 0.2) is 0 Å². The maximum Gasteiger partial charge on any atom is 0.272 e. The SMILES string of the molecule is O=[N+]([O-])c1cc(Cl)c(N=Nc2ccc(NCCO)cc2)c(Cl)c1. The number of non-ortho nitro benzene ring substituents is 1. The second-order valence-electron chi connectivity index (χ2n) is 4.41. The summed E-state index contributed by atoms with van der Waals surface area (Å²) >= 11 is 11.9. The van der Waals surface area contributed by atoms with Gasteiger partial charge in [-0.2, -0.15) is 5.11 Å². The van der Waals surface area contributed by atoms with Crippen LogP contribution in [-0.2, 0) is 0 Å². The Morgan fingerprint density at radius 3 is 2.26 bits per heavy atom. The first kappa shape index (κ1) is 17.1. The highest BCUT2D eigenvalue weighted by atomic mass is 35.5. The molecule has 2 aromatic carbocycles. The van der Waals surface area contributed by atoms with E-state index >= 15 is 0 Å². The molecule has 120 valence electrons. The summed E-state index contributed by atoms with van der Waals surface area (Å²) in [5.41, 5.74) is 1.36. The lowest BCUT2D eigenvalue weighted by atomic mass is 10.3. The molecule has 0 saturated heterocycles. The van der Waals surface area contributed by atoms with Gasteiger partial charge < -0.3 is 10.4 Å². The number of anilines is 1. The summed E-state index contributed by atoms with van der Waals surface area (Å²) in [5, 5.41) is 30.5. The van der Waals surface area contributed by atoms with Crippen molar-refractivity contribution in [1.29, 1.82) is 0 Å². The molecule has 7 nitrogen and oxygen atoms in total. The Labute approximate surface area is 141 Å². The van der Waals surface area contributed by atoms with Gasteiger partial charge in [0.05, 0.1) is 27.3 Å². The Bertz CT molecular complexity index is 712. The first-order valence-corrected chi connectivity index (χ1v) is 7.27. The zero-order valence-corrected chi connectivity index (χ0v) is 13.3. The first-order valence-electron chi connectivity index (χ1n) is 6.51. The summed E-state index contributed by atoms with van der Waals surface area (Å²) in [6, 6.07) is 9.34. The van der Waals surface area contributed by atoms with Crippen LogP contribution in [0.4, 0.5) is 22.7 Å². The monoisotopic (exact) mass is 354 g/mol. The fourth-order valence-corrected chi connectivity index (χ4v) is 2.26. The minimum Gasteiger partial charge on any atom is -0.395 e. The van der Waals surface area contributed by atoms with Gasteiger partial charge in [-0.05, 0) is 24.3 Å². The highest BCUT2D eigenvalue weighted by Gasteiger charge is 2.14. The summed E-state index contributed by atoms with van der Waals surface area (Å²) in [6.45, 7) is 0.494. The van der Waals surface area contributed by atoms with E-state index in [-0.39, 0.29) is 28.0 Å². The van der Waals surface area contributed by atoms with E-state index in [9.17, 15) is 10.1 Å². The van der Waals surface area contributed by atoms with E-state index in [1.165, 1.54) is 12.1 Å². The lowest BCUT2D eigenvalue weighted by Crippen LogP contribution is -2.04. The Kier molecular flexibility index (Phi) is 5.86. The highest BCUT2D eigenvalue weighted by molar-refractivity contribution is 6.39. The van der Waals surface area contributed by atoms with Gasteiger partial charge in [-0.25, -0.2) is 0 Å². The molecule has 2 rings (SSSR count). The fourth-order valence-electron chi connectivity index (χ4n) is 1.71. The van der Waals surface area contributed by atoms with Gasteiger partial charge in [-0.3, -0.25) is 10.1 Å². The molecular formula is C14H12Cl2N4O3. The van der Waals surface area contributed by atoms with Crippen molar-refractivity contribution in [2.75, 3.05) is 18.5 Å². The van der Waals surface area contributed by atoms with E-state index in [2.05, 4.69) is 15.5 Å². The average Bonchev–Trinajstić information content (AvgIpc) is 2.53. The highest BCUT2D eigenvalue weighted by Crippen LogP contribution is 2.37. The van der Waals surface area contributed by atoms with E-state index in [4.69, 9.17) is 28.3 Å². The Balaban J connectivity index is 2.18. The summed E-state index contributed by atoms with van der Waals surface area (Å²) < 4.78 is 0. The molecule has 9 heteroatoms. The maximum absolute atomic E-state index is 10.7. The predicted octanol–water partition coefficient (Wildman–Crippen LogP) is 4.72. The van der Waals surface area contributed by atoms with Crippen molar-refractivity contribution in [2.24, 2.45) is 10.2 Å². The minimum absolute atomic E-state index is 0.0403. The van der Waals surface area contributed by atoms with Crippen LogP contribution < -0.4 is 5.32 Å². The first-order chi connectivity index (χ1) is 11.0. The predicted molar refractivity (Wildman–Crippen MR) is 89.3 cm³/mol. The topological polar surface area (TPSA) is 100 Å². The summed E-state index contributed by atoms with van der Waals surface area (Å²) in [4.78, 5) is 10.1. The van der Waals surface area contributed by atoms with E-state index in [0.29, 0.717) is 12.2 Å². The molecule has 2 aromatic rings. The fraction of sp³-hybridized carbons (Fsp3) is 0.143. The van der Waals surface area contributed by atoms with Crippen molar-refractivity contribution >= 4 is 46.0 Å². The van der Waals surface area contributed by atoms with Gasteiger partial charge in [0, 0.05) is 24.4 Å². The maximum atomic E-state index is 10.7. The third-order valence-electron chi connectivity index (χ3n) is 2.79. The molecule has 0 fully saturated rings. The number of azo groups is 1. The third-order valence-corrected chi connectivity index (χ3v) is 3.36. The van der Waals surface area contributed by atoms with E-state index in [1.54, 1.807) is 24.3 Å². The summed E-state index contributed by atoms with van der Waals surface area (Å²) in [5.74, 6) is 0. The summed E-state index contributed by atoms with van der Waals surface area (Å²) in [7, 11) is 0. The number of nitro groups is 1. The van der Waals surface area contributed by atoms with Crippen LogP contribution in [0.15, 0.2) is 46.6 Å². The Hall–Kier alpha value is -2.22. The molecule has 2 N–H and O–H groups in total. The molecular weight excluding hydrogens is 343 g/mol. The quantitative estimate of drug-likeness (QED) is 0.445. The number of rotatable bonds is 6. The molecule has 0 heterocycles. The second-order valence-corrected chi connectivity index (χ2v) is 5.23. The van der Waals surface area contributed by atoms with Gasteiger partial charge in [0.2, 0.25) is 0 Å². The Morgan fingerprint density at radius 1 is 1.13 bits per heavy atom. The van der Waals surface area contributed by atoms with Crippen molar-refractivity contribution in [3.63, 3.8) is 0 Å². The lowest BCUT2D eigenvalue weighted by Gasteiger charge is -2.04. The molecule has 0 unspecified atom stereocenters. The molecule has 0 aliphatic heterocycles.